The molecule has 0 unspecified atom stereocenters. The second-order valence-corrected chi connectivity index (χ2v) is 9.12. The van der Waals surface area contributed by atoms with Crippen LogP contribution < -0.4 is 10.0 Å². The molecule has 2 aromatic carbocycles. The molecule has 3 aromatic rings. The van der Waals surface area contributed by atoms with Crippen LogP contribution in [0.1, 0.15) is 12.5 Å². The van der Waals surface area contributed by atoms with Gasteiger partial charge in [0.05, 0.1) is 4.90 Å². The van der Waals surface area contributed by atoms with Crippen molar-refractivity contribution >= 4 is 42.8 Å². The van der Waals surface area contributed by atoms with Crippen LogP contribution in [0.2, 0.25) is 0 Å². The zero-order valence-electron chi connectivity index (χ0n) is 15.5. The van der Waals surface area contributed by atoms with E-state index in [0.29, 0.717) is 25.0 Å². The van der Waals surface area contributed by atoms with Gasteiger partial charge in [-0.25, -0.2) is 13.1 Å². The van der Waals surface area contributed by atoms with Gasteiger partial charge in [-0.15, -0.1) is 0 Å². The van der Waals surface area contributed by atoms with Gasteiger partial charge >= 0.3 is 0 Å². The van der Waals surface area contributed by atoms with Crippen molar-refractivity contribution in [1.82, 2.24) is 15.0 Å². The van der Waals surface area contributed by atoms with E-state index in [1.165, 1.54) is 5.57 Å². The second-order valence-electron chi connectivity index (χ2n) is 6.47. The molecule has 0 bridgehead atoms. The summed E-state index contributed by atoms with van der Waals surface area (Å²) in [6.07, 6.45) is 5.37. The standard InChI is InChI=1S/C21H22BrN3O2S/c1-16(13-17-5-7-19(22)8-6-17)14-24-11-12-25-28(26,27)21-4-2-3-18-15-23-10-9-20(18)21/h2-10,13,15,24-25H,11-12,14H2,1H3. The number of sulfonamides is 1. The number of halogens is 1. The maximum absolute atomic E-state index is 12.6. The third-order valence-electron chi connectivity index (χ3n) is 4.21. The summed E-state index contributed by atoms with van der Waals surface area (Å²) in [5.74, 6) is 0. The molecule has 146 valence electrons. The molecule has 2 N–H and O–H groups in total. The highest BCUT2D eigenvalue weighted by Gasteiger charge is 2.16. The highest BCUT2D eigenvalue weighted by Crippen LogP contribution is 2.21. The monoisotopic (exact) mass is 459 g/mol. The Balaban J connectivity index is 1.52. The average Bonchev–Trinajstić information content (AvgIpc) is 2.69. The third kappa shape index (κ3) is 5.48. The summed E-state index contributed by atoms with van der Waals surface area (Å²) in [7, 11) is -3.58. The van der Waals surface area contributed by atoms with Crippen LogP contribution in [0, 0.1) is 0 Å². The Bertz CT molecular complexity index is 1080. The van der Waals surface area contributed by atoms with Gasteiger partial charge in [0.2, 0.25) is 10.0 Å². The van der Waals surface area contributed by atoms with E-state index in [9.17, 15) is 8.42 Å². The van der Waals surface area contributed by atoms with Crippen LogP contribution in [0.5, 0.6) is 0 Å². The molecule has 0 spiro atoms. The van der Waals surface area contributed by atoms with Gasteiger partial charge in [-0.1, -0.05) is 51.8 Å². The number of aromatic nitrogens is 1. The first-order chi connectivity index (χ1) is 13.5. The molecular weight excluding hydrogens is 438 g/mol. The van der Waals surface area contributed by atoms with E-state index in [1.54, 1.807) is 30.6 Å². The number of benzene rings is 2. The van der Waals surface area contributed by atoms with Crippen molar-refractivity contribution in [2.45, 2.75) is 11.8 Å². The number of rotatable bonds is 8. The van der Waals surface area contributed by atoms with Crippen LogP contribution in [0.4, 0.5) is 0 Å². The van der Waals surface area contributed by atoms with Crippen LogP contribution in [0.25, 0.3) is 16.8 Å². The van der Waals surface area contributed by atoms with Gasteiger partial charge in [-0.05, 0) is 36.8 Å². The lowest BCUT2D eigenvalue weighted by Gasteiger charge is -2.10. The second kappa shape index (κ2) is 9.43. The van der Waals surface area contributed by atoms with Crippen molar-refractivity contribution in [2.75, 3.05) is 19.6 Å². The summed E-state index contributed by atoms with van der Waals surface area (Å²) in [6, 6.07) is 15.0. The molecule has 0 aliphatic carbocycles. The Kier molecular flexibility index (Phi) is 6.96. The van der Waals surface area contributed by atoms with Gasteiger partial charge in [0, 0.05) is 47.3 Å². The molecule has 0 aliphatic rings. The fourth-order valence-electron chi connectivity index (χ4n) is 2.86. The quantitative estimate of drug-likeness (QED) is 0.499. The van der Waals surface area contributed by atoms with E-state index in [1.807, 2.05) is 37.3 Å². The predicted octanol–water partition coefficient (Wildman–Crippen LogP) is 3.97. The lowest BCUT2D eigenvalue weighted by atomic mass is 10.1. The lowest BCUT2D eigenvalue weighted by molar-refractivity contribution is 0.579. The molecule has 28 heavy (non-hydrogen) atoms. The molecule has 0 amide bonds. The Labute approximate surface area is 174 Å². The summed E-state index contributed by atoms with van der Waals surface area (Å²) in [6.45, 7) is 3.59. The molecule has 0 radical (unpaired) electrons. The minimum absolute atomic E-state index is 0.277. The number of pyridine rings is 1. The molecule has 0 saturated heterocycles. The Hall–Kier alpha value is -2.06. The van der Waals surface area contributed by atoms with Crippen molar-refractivity contribution in [3.8, 4) is 0 Å². The largest absolute Gasteiger partial charge is 0.312 e. The van der Waals surface area contributed by atoms with E-state index in [2.05, 4.69) is 37.0 Å². The SMILES string of the molecule is CC(=Cc1ccc(Br)cc1)CNCCNS(=O)(=O)c1cccc2cnccc12. The van der Waals surface area contributed by atoms with Gasteiger partial charge in [-0.3, -0.25) is 4.98 Å². The summed E-state index contributed by atoms with van der Waals surface area (Å²) in [4.78, 5) is 4.32. The van der Waals surface area contributed by atoms with Gasteiger partial charge < -0.3 is 5.32 Å². The summed E-state index contributed by atoms with van der Waals surface area (Å²) >= 11 is 3.42. The Morgan fingerprint density at radius 1 is 1.11 bits per heavy atom. The smallest absolute Gasteiger partial charge is 0.241 e. The molecule has 7 heteroatoms. The van der Waals surface area contributed by atoms with Gasteiger partial charge in [-0.2, -0.15) is 0 Å². The Morgan fingerprint density at radius 2 is 1.89 bits per heavy atom. The zero-order chi connectivity index (χ0) is 20.0. The summed E-state index contributed by atoms with van der Waals surface area (Å²) in [5.41, 5.74) is 2.31. The molecule has 5 nitrogen and oxygen atoms in total. The fraction of sp³-hybridized carbons (Fsp3) is 0.190. The highest BCUT2D eigenvalue weighted by atomic mass is 79.9. The topological polar surface area (TPSA) is 71.1 Å². The van der Waals surface area contributed by atoms with Crippen LogP contribution in [-0.2, 0) is 10.0 Å². The molecule has 0 saturated carbocycles. The molecule has 3 rings (SSSR count). The Morgan fingerprint density at radius 3 is 2.68 bits per heavy atom. The molecule has 0 aliphatic heterocycles. The normalized spacial score (nSPS) is 12.4. The number of hydrogen-bond donors (Lipinski definition) is 2. The zero-order valence-corrected chi connectivity index (χ0v) is 17.9. The number of nitrogens with zero attached hydrogens (tertiary/aromatic N) is 1. The first-order valence-electron chi connectivity index (χ1n) is 8.91. The van der Waals surface area contributed by atoms with Gasteiger partial charge in [0.15, 0.2) is 0 Å². The molecule has 0 atom stereocenters. The van der Waals surface area contributed by atoms with Crippen molar-refractivity contribution in [3.63, 3.8) is 0 Å². The minimum atomic E-state index is -3.58. The lowest BCUT2D eigenvalue weighted by Crippen LogP contribution is -2.32. The van der Waals surface area contributed by atoms with E-state index >= 15 is 0 Å². The fourth-order valence-corrected chi connectivity index (χ4v) is 4.38. The minimum Gasteiger partial charge on any atom is -0.312 e. The summed E-state index contributed by atoms with van der Waals surface area (Å²) < 4.78 is 29.0. The average molecular weight is 460 g/mol. The molecule has 0 fully saturated rings. The van der Waals surface area contributed by atoms with E-state index < -0.39 is 10.0 Å². The predicted molar refractivity (Wildman–Crippen MR) is 118 cm³/mol. The number of nitrogens with one attached hydrogen (secondary N) is 2. The van der Waals surface area contributed by atoms with Crippen molar-refractivity contribution in [3.05, 3.63) is 76.5 Å². The van der Waals surface area contributed by atoms with E-state index in [0.717, 1.165) is 15.4 Å². The van der Waals surface area contributed by atoms with Crippen molar-refractivity contribution in [1.29, 1.82) is 0 Å². The van der Waals surface area contributed by atoms with Crippen LogP contribution >= 0.6 is 15.9 Å². The van der Waals surface area contributed by atoms with Crippen LogP contribution in [-0.4, -0.2) is 33.0 Å². The van der Waals surface area contributed by atoms with E-state index in [-0.39, 0.29) is 4.90 Å². The first-order valence-corrected chi connectivity index (χ1v) is 11.2. The highest BCUT2D eigenvalue weighted by molar-refractivity contribution is 9.10. The van der Waals surface area contributed by atoms with Gasteiger partial charge in [0.1, 0.15) is 0 Å². The van der Waals surface area contributed by atoms with Gasteiger partial charge in [0.25, 0.3) is 0 Å². The molecule has 1 heterocycles. The third-order valence-corrected chi connectivity index (χ3v) is 6.26. The van der Waals surface area contributed by atoms with Crippen LogP contribution in [0.3, 0.4) is 0 Å². The summed E-state index contributed by atoms with van der Waals surface area (Å²) in [5, 5.41) is 4.74. The first kappa shape index (κ1) is 20.7. The molecular formula is C21H22BrN3O2S. The maximum atomic E-state index is 12.6. The molecule has 1 aromatic heterocycles. The van der Waals surface area contributed by atoms with Crippen molar-refractivity contribution in [2.24, 2.45) is 0 Å². The maximum Gasteiger partial charge on any atom is 0.241 e. The number of hydrogen-bond acceptors (Lipinski definition) is 4. The number of fused-ring (bicyclic) bond motifs is 1. The van der Waals surface area contributed by atoms with Crippen LogP contribution in [0.15, 0.2) is 75.9 Å². The van der Waals surface area contributed by atoms with E-state index in [4.69, 9.17) is 0 Å². The van der Waals surface area contributed by atoms with Crippen molar-refractivity contribution < 1.29 is 8.42 Å².